The molecule has 1 aliphatic heterocycles. The second kappa shape index (κ2) is 3.85. The molecule has 0 spiro atoms. The molecule has 1 saturated heterocycles. The minimum atomic E-state index is 0.538. The first-order valence-electron chi connectivity index (χ1n) is 3.69. The molecule has 1 heterocycles. The SMILES string of the molecule is [CH2]CNC1CCCCN1. The first-order chi connectivity index (χ1) is 4.43. The molecule has 2 heteroatoms. The Balaban J connectivity index is 2.08. The van der Waals surface area contributed by atoms with Gasteiger partial charge in [0, 0.05) is 0 Å². The normalized spacial score (nSPS) is 28.3. The van der Waals surface area contributed by atoms with Crippen molar-refractivity contribution in [2.45, 2.75) is 25.4 Å². The molecule has 1 unspecified atom stereocenters. The van der Waals surface area contributed by atoms with Gasteiger partial charge < -0.3 is 10.6 Å². The van der Waals surface area contributed by atoms with E-state index in [1.54, 1.807) is 0 Å². The summed E-state index contributed by atoms with van der Waals surface area (Å²) in [5, 5.41) is 6.63. The number of piperidine rings is 1. The lowest BCUT2D eigenvalue weighted by molar-refractivity contribution is 0.354. The van der Waals surface area contributed by atoms with Crippen LogP contribution >= 0.6 is 0 Å². The largest absolute Gasteiger partial charge is 0.302 e. The van der Waals surface area contributed by atoms with Crippen LogP contribution in [0.25, 0.3) is 0 Å². The van der Waals surface area contributed by atoms with Crippen LogP contribution in [0.2, 0.25) is 0 Å². The van der Waals surface area contributed by atoms with Crippen LogP contribution in [0.1, 0.15) is 19.3 Å². The van der Waals surface area contributed by atoms with Gasteiger partial charge in [0.2, 0.25) is 0 Å². The lowest BCUT2D eigenvalue weighted by Crippen LogP contribution is -2.45. The lowest BCUT2D eigenvalue weighted by Gasteiger charge is -2.23. The summed E-state index contributed by atoms with van der Waals surface area (Å²) in [5.74, 6) is 0. The number of hydrogen-bond acceptors (Lipinski definition) is 2. The van der Waals surface area contributed by atoms with Gasteiger partial charge in [-0.2, -0.15) is 0 Å². The van der Waals surface area contributed by atoms with E-state index in [0.29, 0.717) is 6.17 Å². The zero-order valence-corrected chi connectivity index (χ0v) is 5.82. The van der Waals surface area contributed by atoms with Crippen molar-refractivity contribution < 1.29 is 0 Å². The van der Waals surface area contributed by atoms with Gasteiger partial charge in [0.25, 0.3) is 0 Å². The van der Waals surface area contributed by atoms with Gasteiger partial charge in [0.15, 0.2) is 0 Å². The van der Waals surface area contributed by atoms with Crippen LogP contribution in [-0.4, -0.2) is 19.3 Å². The van der Waals surface area contributed by atoms with Gasteiger partial charge >= 0.3 is 0 Å². The van der Waals surface area contributed by atoms with Crippen molar-refractivity contribution in [2.24, 2.45) is 0 Å². The summed E-state index contributed by atoms with van der Waals surface area (Å²) in [5.41, 5.74) is 0. The Morgan fingerprint density at radius 2 is 2.44 bits per heavy atom. The molecule has 0 saturated carbocycles. The number of nitrogens with one attached hydrogen (secondary N) is 2. The second-order valence-corrected chi connectivity index (χ2v) is 2.46. The van der Waals surface area contributed by atoms with Gasteiger partial charge in [0.1, 0.15) is 0 Å². The van der Waals surface area contributed by atoms with Crippen LogP contribution in [0.3, 0.4) is 0 Å². The van der Waals surface area contributed by atoms with Gasteiger partial charge in [-0.3, -0.25) is 0 Å². The third-order valence-corrected chi connectivity index (χ3v) is 1.70. The fourth-order valence-corrected chi connectivity index (χ4v) is 1.20. The molecule has 53 valence electrons. The molecule has 0 aromatic heterocycles. The fraction of sp³-hybridized carbons (Fsp3) is 0.857. The minimum Gasteiger partial charge on any atom is -0.302 e. The molecule has 9 heavy (non-hydrogen) atoms. The van der Waals surface area contributed by atoms with Crippen molar-refractivity contribution in [1.82, 2.24) is 10.6 Å². The van der Waals surface area contributed by atoms with E-state index in [9.17, 15) is 0 Å². The Kier molecular flexibility index (Phi) is 3.01. The molecule has 0 aromatic carbocycles. The second-order valence-electron chi connectivity index (χ2n) is 2.46. The van der Waals surface area contributed by atoms with Gasteiger partial charge in [0.05, 0.1) is 6.17 Å². The van der Waals surface area contributed by atoms with Crippen molar-refractivity contribution in [2.75, 3.05) is 13.1 Å². The molecule has 1 aliphatic rings. The van der Waals surface area contributed by atoms with E-state index in [-0.39, 0.29) is 0 Å². The highest BCUT2D eigenvalue weighted by atomic mass is 15.1. The summed E-state index contributed by atoms with van der Waals surface area (Å²) in [4.78, 5) is 0. The van der Waals surface area contributed by atoms with Crippen molar-refractivity contribution in [3.63, 3.8) is 0 Å². The van der Waals surface area contributed by atoms with Crippen LogP contribution in [0.15, 0.2) is 0 Å². The Hall–Kier alpha value is -0.0800. The Bertz CT molecular complexity index is 64.6. The summed E-state index contributed by atoms with van der Waals surface area (Å²) < 4.78 is 0. The molecule has 0 bridgehead atoms. The summed E-state index contributed by atoms with van der Waals surface area (Å²) >= 11 is 0. The number of rotatable bonds is 2. The standard InChI is InChI=1S/C7H15N2/c1-2-8-7-5-3-4-6-9-7/h7-9H,1-6H2. The maximum Gasteiger partial charge on any atom is 0.0571 e. The van der Waals surface area contributed by atoms with Gasteiger partial charge in [-0.25, -0.2) is 0 Å². The lowest BCUT2D eigenvalue weighted by atomic mass is 10.1. The molecule has 1 radical (unpaired) electrons. The fourth-order valence-electron chi connectivity index (χ4n) is 1.20. The first-order valence-corrected chi connectivity index (χ1v) is 3.69. The molecular weight excluding hydrogens is 112 g/mol. The monoisotopic (exact) mass is 127 g/mol. The van der Waals surface area contributed by atoms with Crippen molar-refractivity contribution in [1.29, 1.82) is 0 Å². The van der Waals surface area contributed by atoms with E-state index < -0.39 is 0 Å². The topological polar surface area (TPSA) is 24.1 Å². The highest BCUT2D eigenvalue weighted by Gasteiger charge is 2.08. The van der Waals surface area contributed by atoms with Gasteiger partial charge in [-0.05, 0) is 39.3 Å². The average Bonchev–Trinajstić information content (AvgIpc) is 1.91. The third-order valence-electron chi connectivity index (χ3n) is 1.70. The summed E-state index contributed by atoms with van der Waals surface area (Å²) in [6.45, 7) is 5.72. The van der Waals surface area contributed by atoms with Crippen LogP contribution in [0.5, 0.6) is 0 Å². The maximum atomic E-state index is 3.73. The van der Waals surface area contributed by atoms with E-state index in [2.05, 4.69) is 17.6 Å². The Morgan fingerprint density at radius 3 is 3.00 bits per heavy atom. The van der Waals surface area contributed by atoms with Gasteiger partial charge in [-0.1, -0.05) is 0 Å². The molecule has 0 aromatic rings. The molecular formula is C7H15N2. The Labute approximate surface area is 57.0 Å². The van der Waals surface area contributed by atoms with Crippen LogP contribution in [0, 0.1) is 6.92 Å². The zero-order valence-electron chi connectivity index (χ0n) is 5.82. The van der Waals surface area contributed by atoms with Crippen LogP contribution < -0.4 is 10.6 Å². The van der Waals surface area contributed by atoms with Gasteiger partial charge in [-0.15, -0.1) is 0 Å². The van der Waals surface area contributed by atoms with Crippen molar-refractivity contribution in [3.05, 3.63) is 6.92 Å². The van der Waals surface area contributed by atoms with E-state index in [1.807, 2.05) is 0 Å². The highest BCUT2D eigenvalue weighted by molar-refractivity contribution is 4.69. The summed E-state index contributed by atoms with van der Waals surface area (Å²) in [6, 6.07) is 0. The number of hydrogen-bond donors (Lipinski definition) is 2. The minimum absolute atomic E-state index is 0.538. The van der Waals surface area contributed by atoms with Crippen LogP contribution in [-0.2, 0) is 0 Å². The Morgan fingerprint density at radius 1 is 1.56 bits per heavy atom. The predicted octanol–water partition coefficient (Wildman–Crippen LogP) is 0.510. The van der Waals surface area contributed by atoms with Crippen molar-refractivity contribution in [3.8, 4) is 0 Å². The van der Waals surface area contributed by atoms with Crippen LogP contribution in [0.4, 0.5) is 0 Å². The molecule has 1 rings (SSSR count). The summed E-state index contributed by atoms with van der Waals surface area (Å²) in [7, 11) is 0. The average molecular weight is 127 g/mol. The molecule has 2 nitrogen and oxygen atoms in total. The first kappa shape index (κ1) is 7.03. The molecule has 1 atom stereocenters. The quantitative estimate of drug-likeness (QED) is 0.565. The summed E-state index contributed by atoms with van der Waals surface area (Å²) in [6.07, 6.45) is 4.48. The molecule has 0 aliphatic carbocycles. The van der Waals surface area contributed by atoms with E-state index >= 15 is 0 Å². The van der Waals surface area contributed by atoms with Crippen molar-refractivity contribution >= 4 is 0 Å². The maximum absolute atomic E-state index is 3.73. The smallest absolute Gasteiger partial charge is 0.0571 e. The molecule has 2 N–H and O–H groups in total. The predicted molar refractivity (Wildman–Crippen MR) is 39.0 cm³/mol. The third kappa shape index (κ3) is 2.33. The molecule has 1 fully saturated rings. The zero-order chi connectivity index (χ0) is 6.53. The van der Waals surface area contributed by atoms with E-state index in [1.165, 1.54) is 19.3 Å². The molecule has 0 amide bonds. The van der Waals surface area contributed by atoms with E-state index in [4.69, 9.17) is 0 Å². The highest BCUT2D eigenvalue weighted by Crippen LogP contribution is 2.03. The van der Waals surface area contributed by atoms with E-state index in [0.717, 1.165) is 13.1 Å².